The lowest BCUT2D eigenvalue weighted by Crippen LogP contribution is -2.39. The lowest BCUT2D eigenvalue weighted by atomic mass is 10.1. The highest BCUT2D eigenvalue weighted by molar-refractivity contribution is 5.98. The molecule has 2 rings (SSSR count). The summed E-state index contributed by atoms with van der Waals surface area (Å²) in [6.07, 6.45) is 5.05. The Bertz CT molecular complexity index is 573. The van der Waals surface area contributed by atoms with E-state index in [2.05, 4.69) is 25.8 Å². The Morgan fingerprint density at radius 2 is 2.10 bits per heavy atom. The number of hydrogen-bond donors (Lipinski definition) is 1. The molecule has 0 aliphatic rings. The second kappa shape index (κ2) is 6.60. The monoisotopic (exact) mass is 272 g/mol. The van der Waals surface area contributed by atoms with Crippen molar-refractivity contribution in [2.24, 2.45) is 0 Å². The summed E-state index contributed by atoms with van der Waals surface area (Å²) < 4.78 is 0. The minimum Gasteiger partial charge on any atom is -0.361 e. The highest BCUT2D eigenvalue weighted by Gasteiger charge is 2.20. The topological polar surface area (TPSA) is 36.1 Å². The van der Waals surface area contributed by atoms with E-state index in [9.17, 15) is 4.79 Å². The van der Waals surface area contributed by atoms with E-state index in [1.54, 1.807) is 0 Å². The first-order valence-electron chi connectivity index (χ1n) is 7.55. The minimum absolute atomic E-state index is 0.143. The molecule has 1 atom stereocenters. The Balaban J connectivity index is 2.24. The molecule has 0 radical (unpaired) electrons. The summed E-state index contributed by atoms with van der Waals surface area (Å²) in [5.41, 5.74) is 1.80. The number of rotatable bonds is 6. The maximum atomic E-state index is 12.7. The van der Waals surface area contributed by atoms with Crippen molar-refractivity contribution in [2.75, 3.05) is 6.54 Å². The normalized spacial score (nSPS) is 12.6. The fourth-order valence-corrected chi connectivity index (χ4v) is 2.42. The highest BCUT2D eigenvalue weighted by Crippen LogP contribution is 2.17. The number of aromatic amines is 1. The van der Waals surface area contributed by atoms with E-state index in [4.69, 9.17) is 0 Å². The number of nitrogens with zero attached hydrogens (tertiary/aromatic N) is 1. The van der Waals surface area contributed by atoms with Crippen LogP contribution in [0.2, 0.25) is 0 Å². The summed E-state index contributed by atoms with van der Waals surface area (Å²) in [5.74, 6) is 0.143. The van der Waals surface area contributed by atoms with Gasteiger partial charge in [0.25, 0.3) is 5.91 Å². The van der Waals surface area contributed by atoms with Crippen molar-refractivity contribution in [1.29, 1.82) is 0 Å². The van der Waals surface area contributed by atoms with Crippen molar-refractivity contribution >= 4 is 16.8 Å². The first-order chi connectivity index (χ1) is 9.67. The van der Waals surface area contributed by atoms with Gasteiger partial charge in [0.2, 0.25) is 0 Å². The van der Waals surface area contributed by atoms with Crippen LogP contribution in [0.3, 0.4) is 0 Å². The Labute approximate surface area is 121 Å². The summed E-state index contributed by atoms with van der Waals surface area (Å²) in [6.45, 7) is 7.25. The van der Waals surface area contributed by atoms with E-state index in [0.717, 1.165) is 42.3 Å². The van der Waals surface area contributed by atoms with E-state index < -0.39 is 0 Å². The number of carbonyl (C=O) groups is 1. The number of hydrogen-bond acceptors (Lipinski definition) is 1. The van der Waals surface area contributed by atoms with Gasteiger partial charge in [-0.2, -0.15) is 0 Å². The van der Waals surface area contributed by atoms with E-state index >= 15 is 0 Å². The quantitative estimate of drug-likeness (QED) is 0.840. The van der Waals surface area contributed by atoms with E-state index in [1.807, 2.05) is 35.4 Å². The molecule has 3 heteroatoms. The van der Waals surface area contributed by atoms with Crippen LogP contribution < -0.4 is 0 Å². The predicted molar refractivity (Wildman–Crippen MR) is 84.0 cm³/mol. The molecule has 0 bridgehead atoms. The van der Waals surface area contributed by atoms with Crippen molar-refractivity contribution in [3.63, 3.8) is 0 Å². The van der Waals surface area contributed by atoms with Gasteiger partial charge in [-0.15, -0.1) is 0 Å². The second-order valence-electron chi connectivity index (χ2n) is 5.39. The number of benzene rings is 1. The summed E-state index contributed by atoms with van der Waals surface area (Å²) in [7, 11) is 0. The summed E-state index contributed by atoms with van der Waals surface area (Å²) in [6, 6.07) is 8.20. The molecule has 20 heavy (non-hydrogen) atoms. The number of amides is 1. The highest BCUT2D eigenvalue weighted by atomic mass is 16.2. The van der Waals surface area contributed by atoms with Crippen LogP contribution in [-0.2, 0) is 0 Å². The third kappa shape index (κ3) is 3.03. The van der Waals surface area contributed by atoms with Crippen molar-refractivity contribution in [3.05, 3.63) is 36.0 Å². The lowest BCUT2D eigenvalue weighted by Gasteiger charge is -2.28. The third-order valence-corrected chi connectivity index (χ3v) is 3.94. The van der Waals surface area contributed by atoms with Crippen LogP contribution in [0.15, 0.2) is 30.5 Å². The second-order valence-corrected chi connectivity index (χ2v) is 5.39. The molecular formula is C17H24N2O. The van der Waals surface area contributed by atoms with Gasteiger partial charge in [-0.1, -0.05) is 26.3 Å². The first-order valence-corrected chi connectivity index (χ1v) is 7.55. The van der Waals surface area contributed by atoms with Crippen LogP contribution >= 0.6 is 0 Å². The molecule has 108 valence electrons. The molecule has 1 heterocycles. The molecule has 0 fully saturated rings. The van der Waals surface area contributed by atoms with Gasteiger partial charge < -0.3 is 9.88 Å². The van der Waals surface area contributed by atoms with Crippen molar-refractivity contribution in [2.45, 2.75) is 46.1 Å². The van der Waals surface area contributed by atoms with E-state index in [-0.39, 0.29) is 11.9 Å². The smallest absolute Gasteiger partial charge is 0.254 e. The third-order valence-electron chi connectivity index (χ3n) is 3.94. The van der Waals surface area contributed by atoms with Gasteiger partial charge in [-0.05, 0) is 43.4 Å². The Hall–Kier alpha value is -1.77. The number of H-pyrrole nitrogens is 1. The Kier molecular flexibility index (Phi) is 4.83. The zero-order valence-electron chi connectivity index (χ0n) is 12.6. The van der Waals surface area contributed by atoms with Crippen LogP contribution in [-0.4, -0.2) is 28.4 Å². The average Bonchev–Trinajstić information content (AvgIpc) is 2.94. The molecule has 0 aliphatic heterocycles. The first kappa shape index (κ1) is 14.6. The predicted octanol–water partition coefficient (Wildman–Crippen LogP) is 4.21. The largest absolute Gasteiger partial charge is 0.361 e. The Morgan fingerprint density at radius 1 is 1.30 bits per heavy atom. The van der Waals surface area contributed by atoms with Crippen LogP contribution in [0, 0.1) is 0 Å². The number of unbranched alkanes of at least 4 members (excludes halogenated alkanes) is 1. The number of aromatic nitrogens is 1. The standard InChI is InChI=1S/C17H24N2O/c1-4-6-11-19(13(3)5-2)17(20)15-8-7-14-9-10-18-16(14)12-15/h7-10,12-13,18H,4-6,11H2,1-3H3. The molecule has 0 saturated heterocycles. The summed E-state index contributed by atoms with van der Waals surface area (Å²) in [4.78, 5) is 17.9. The molecule has 1 aromatic carbocycles. The van der Waals surface area contributed by atoms with Crippen molar-refractivity contribution in [3.8, 4) is 0 Å². The van der Waals surface area contributed by atoms with Crippen LogP contribution in [0.4, 0.5) is 0 Å². The van der Waals surface area contributed by atoms with Gasteiger partial charge in [0.15, 0.2) is 0 Å². The SMILES string of the molecule is CCCCN(C(=O)c1ccc2cc[nH]c2c1)C(C)CC. The Morgan fingerprint density at radius 3 is 2.80 bits per heavy atom. The van der Waals surface area contributed by atoms with Gasteiger partial charge >= 0.3 is 0 Å². The molecule has 1 aromatic heterocycles. The molecule has 1 amide bonds. The molecule has 1 N–H and O–H groups in total. The number of fused-ring (bicyclic) bond motifs is 1. The lowest BCUT2D eigenvalue weighted by molar-refractivity contribution is 0.0685. The zero-order chi connectivity index (χ0) is 14.5. The van der Waals surface area contributed by atoms with Gasteiger partial charge in [-0.3, -0.25) is 4.79 Å². The van der Waals surface area contributed by atoms with Crippen molar-refractivity contribution in [1.82, 2.24) is 9.88 Å². The van der Waals surface area contributed by atoms with Crippen molar-refractivity contribution < 1.29 is 4.79 Å². The molecule has 3 nitrogen and oxygen atoms in total. The minimum atomic E-state index is 0.143. The fourth-order valence-electron chi connectivity index (χ4n) is 2.42. The van der Waals surface area contributed by atoms with Gasteiger partial charge in [0.05, 0.1) is 0 Å². The molecule has 0 spiro atoms. The maximum absolute atomic E-state index is 12.7. The van der Waals surface area contributed by atoms with E-state index in [0.29, 0.717) is 0 Å². The van der Waals surface area contributed by atoms with Crippen LogP contribution in [0.5, 0.6) is 0 Å². The summed E-state index contributed by atoms with van der Waals surface area (Å²) in [5, 5.41) is 1.14. The fraction of sp³-hybridized carbons (Fsp3) is 0.471. The maximum Gasteiger partial charge on any atom is 0.254 e. The number of carbonyl (C=O) groups excluding carboxylic acids is 1. The molecule has 0 saturated carbocycles. The van der Waals surface area contributed by atoms with Gasteiger partial charge in [-0.25, -0.2) is 0 Å². The molecular weight excluding hydrogens is 248 g/mol. The van der Waals surface area contributed by atoms with Crippen LogP contribution in [0.1, 0.15) is 50.4 Å². The molecule has 1 unspecified atom stereocenters. The van der Waals surface area contributed by atoms with Gasteiger partial charge in [0.1, 0.15) is 0 Å². The zero-order valence-corrected chi connectivity index (χ0v) is 12.6. The molecule has 2 aromatic rings. The number of nitrogens with one attached hydrogen (secondary N) is 1. The van der Waals surface area contributed by atoms with Gasteiger partial charge in [0, 0.05) is 29.9 Å². The molecule has 0 aliphatic carbocycles. The van der Waals surface area contributed by atoms with Crippen LogP contribution in [0.25, 0.3) is 10.9 Å². The average molecular weight is 272 g/mol. The van der Waals surface area contributed by atoms with E-state index in [1.165, 1.54) is 0 Å². The summed E-state index contributed by atoms with van der Waals surface area (Å²) >= 11 is 0.